The summed E-state index contributed by atoms with van der Waals surface area (Å²) in [6.45, 7) is 0. The number of H-pyrrole nitrogens is 1. The van der Waals surface area contributed by atoms with Gasteiger partial charge in [-0.05, 0) is 12.1 Å². The van der Waals surface area contributed by atoms with Crippen LogP contribution in [0, 0.1) is 10.1 Å². The van der Waals surface area contributed by atoms with Gasteiger partial charge in [-0.15, -0.1) is 0 Å². The molecule has 76 valence electrons. The van der Waals surface area contributed by atoms with Crippen molar-refractivity contribution in [2.75, 3.05) is 0 Å². The quantitative estimate of drug-likeness (QED) is 0.540. The minimum atomic E-state index is -0.681. The lowest BCUT2D eigenvalue weighted by Gasteiger charge is -2.00. The lowest BCUT2D eigenvalue weighted by atomic mass is 10.2. The molecule has 0 aliphatic heterocycles. The van der Waals surface area contributed by atoms with Crippen LogP contribution < -0.4 is 5.56 Å². The Bertz CT molecular complexity index is 603. The fourth-order valence-corrected chi connectivity index (χ4v) is 1.35. The van der Waals surface area contributed by atoms with Crippen molar-refractivity contribution >= 4 is 16.6 Å². The summed E-state index contributed by atoms with van der Waals surface area (Å²) in [6.07, 6.45) is 0. The van der Waals surface area contributed by atoms with Gasteiger partial charge in [0, 0.05) is 17.5 Å². The number of benzene rings is 1. The van der Waals surface area contributed by atoms with Gasteiger partial charge in [0.1, 0.15) is 0 Å². The van der Waals surface area contributed by atoms with Gasteiger partial charge in [0.25, 0.3) is 0 Å². The molecule has 0 saturated carbocycles. The van der Waals surface area contributed by atoms with Gasteiger partial charge in [0.2, 0.25) is 11.3 Å². The fourth-order valence-electron chi connectivity index (χ4n) is 1.35. The SMILES string of the molecule is O=c1ccc2c(O)c([N+](=O)[O-])ccc2[nH]1. The van der Waals surface area contributed by atoms with E-state index >= 15 is 0 Å². The zero-order valence-corrected chi connectivity index (χ0v) is 7.43. The highest BCUT2D eigenvalue weighted by Gasteiger charge is 2.15. The van der Waals surface area contributed by atoms with Crippen molar-refractivity contribution in [3.8, 4) is 5.75 Å². The van der Waals surface area contributed by atoms with Gasteiger partial charge in [-0.25, -0.2) is 0 Å². The van der Waals surface area contributed by atoms with Gasteiger partial charge < -0.3 is 10.1 Å². The Balaban J connectivity index is 2.85. The number of nitro benzene ring substituents is 1. The number of aromatic nitrogens is 1. The van der Waals surface area contributed by atoms with E-state index in [0.29, 0.717) is 5.52 Å². The molecule has 0 aliphatic rings. The summed E-state index contributed by atoms with van der Waals surface area (Å²) in [5.41, 5.74) is -0.337. The molecule has 6 nitrogen and oxygen atoms in total. The number of aromatic amines is 1. The molecule has 0 atom stereocenters. The van der Waals surface area contributed by atoms with Crippen molar-refractivity contribution in [3.05, 3.63) is 44.7 Å². The molecule has 0 spiro atoms. The molecule has 0 saturated heterocycles. The van der Waals surface area contributed by atoms with Gasteiger partial charge >= 0.3 is 5.69 Å². The lowest BCUT2D eigenvalue weighted by Crippen LogP contribution is -2.02. The Morgan fingerprint density at radius 1 is 1.27 bits per heavy atom. The molecular formula is C9H6N2O4. The number of rotatable bonds is 1. The Morgan fingerprint density at radius 2 is 2.00 bits per heavy atom. The molecule has 2 rings (SSSR count). The first-order chi connectivity index (χ1) is 7.09. The first kappa shape index (κ1) is 9.20. The van der Waals surface area contributed by atoms with Crippen molar-refractivity contribution in [2.45, 2.75) is 0 Å². The third-order valence-electron chi connectivity index (χ3n) is 2.05. The molecule has 15 heavy (non-hydrogen) atoms. The zero-order valence-electron chi connectivity index (χ0n) is 7.43. The van der Waals surface area contributed by atoms with Crippen LogP contribution >= 0.6 is 0 Å². The maximum Gasteiger partial charge on any atom is 0.311 e. The summed E-state index contributed by atoms with van der Waals surface area (Å²) >= 11 is 0. The predicted octanol–water partition coefficient (Wildman–Crippen LogP) is 1.14. The topological polar surface area (TPSA) is 96.2 Å². The van der Waals surface area contributed by atoms with Gasteiger partial charge in [-0.1, -0.05) is 0 Å². The normalized spacial score (nSPS) is 10.4. The minimum absolute atomic E-state index is 0.254. The number of pyridine rings is 1. The molecule has 2 aromatic rings. The molecule has 0 unspecified atom stereocenters. The van der Waals surface area contributed by atoms with Gasteiger partial charge in [-0.3, -0.25) is 14.9 Å². The first-order valence-electron chi connectivity index (χ1n) is 4.09. The molecule has 0 fully saturated rings. The smallest absolute Gasteiger partial charge is 0.311 e. The minimum Gasteiger partial charge on any atom is -0.502 e. The second-order valence-corrected chi connectivity index (χ2v) is 2.97. The predicted molar refractivity (Wildman–Crippen MR) is 52.9 cm³/mol. The third kappa shape index (κ3) is 1.41. The number of hydrogen-bond acceptors (Lipinski definition) is 4. The third-order valence-corrected chi connectivity index (χ3v) is 2.05. The first-order valence-corrected chi connectivity index (χ1v) is 4.09. The van der Waals surface area contributed by atoms with E-state index in [9.17, 15) is 20.0 Å². The summed E-state index contributed by atoms with van der Waals surface area (Å²) < 4.78 is 0. The monoisotopic (exact) mass is 206 g/mol. The van der Waals surface area contributed by atoms with E-state index in [0.717, 1.165) is 6.07 Å². The maximum absolute atomic E-state index is 10.9. The summed E-state index contributed by atoms with van der Waals surface area (Å²) in [4.78, 5) is 23.2. The molecular weight excluding hydrogens is 200 g/mol. The fraction of sp³-hybridized carbons (Fsp3) is 0. The van der Waals surface area contributed by atoms with E-state index < -0.39 is 10.7 Å². The van der Waals surface area contributed by atoms with E-state index in [4.69, 9.17) is 0 Å². The highest BCUT2D eigenvalue weighted by molar-refractivity contribution is 5.88. The molecule has 0 aliphatic carbocycles. The van der Waals surface area contributed by atoms with Crippen LogP contribution in [0.1, 0.15) is 0 Å². The molecule has 1 heterocycles. The molecule has 6 heteroatoms. The summed E-state index contributed by atoms with van der Waals surface area (Å²) in [5, 5.41) is 20.3. The molecule has 0 bridgehead atoms. The van der Waals surface area contributed by atoms with Gasteiger partial charge in [0.15, 0.2) is 0 Å². The number of phenolic OH excluding ortho intramolecular Hbond substituents is 1. The van der Waals surface area contributed by atoms with E-state index in [2.05, 4.69) is 4.98 Å². The van der Waals surface area contributed by atoms with Crippen LogP contribution in [-0.2, 0) is 0 Å². The van der Waals surface area contributed by atoms with Crippen molar-refractivity contribution in [1.29, 1.82) is 0 Å². The largest absolute Gasteiger partial charge is 0.502 e. The average Bonchev–Trinajstić information content (AvgIpc) is 2.17. The number of aromatic hydroxyl groups is 1. The highest BCUT2D eigenvalue weighted by Crippen LogP contribution is 2.32. The lowest BCUT2D eigenvalue weighted by molar-refractivity contribution is -0.385. The van der Waals surface area contributed by atoms with E-state index in [1.165, 1.54) is 18.2 Å². The Hall–Kier alpha value is -2.37. The van der Waals surface area contributed by atoms with Crippen LogP contribution in [0.5, 0.6) is 5.75 Å². The average molecular weight is 206 g/mol. The van der Waals surface area contributed by atoms with E-state index in [1.54, 1.807) is 0 Å². The summed E-state index contributed by atoms with van der Waals surface area (Å²) in [7, 11) is 0. The Kier molecular flexibility index (Phi) is 1.89. The second kappa shape index (κ2) is 3.09. The van der Waals surface area contributed by atoms with Crippen LogP contribution in [0.4, 0.5) is 5.69 Å². The number of fused-ring (bicyclic) bond motifs is 1. The van der Waals surface area contributed by atoms with Crippen molar-refractivity contribution < 1.29 is 10.0 Å². The summed E-state index contributed by atoms with van der Waals surface area (Å²) in [6, 6.07) is 5.07. The van der Waals surface area contributed by atoms with Crippen molar-refractivity contribution in [2.24, 2.45) is 0 Å². The number of hydrogen-bond donors (Lipinski definition) is 2. The van der Waals surface area contributed by atoms with Gasteiger partial charge in [0.05, 0.1) is 10.4 Å². The van der Waals surface area contributed by atoms with Crippen LogP contribution in [-0.4, -0.2) is 15.0 Å². The Morgan fingerprint density at radius 3 is 2.67 bits per heavy atom. The van der Waals surface area contributed by atoms with Crippen molar-refractivity contribution in [3.63, 3.8) is 0 Å². The number of phenols is 1. The van der Waals surface area contributed by atoms with Crippen molar-refractivity contribution in [1.82, 2.24) is 4.98 Å². The van der Waals surface area contributed by atoms with E-state index in [1.807, 2.05) is 0 Å². The maximum atomic E-state index is 10.9. The Labute approximate surface area is 82.9 Å². The second-order valence-electron chi connectivity index (χ2n) is 2.97. The molecule has 0 radical (unpaired) electrons. The van der Waals surface area contributed by atoms with Gasteiger partial charge in [-0.2, -0.15) is 0 Å². The standard InChI is InChI=1S/C9H6N2O4/c12-8-4-1-5-6(10-8)2-3-7(9(5)13)11(14)15/h1-4,13H,(H,10,12). The number of nitrogens with zero attached hydrogens (tertiary/aromatic N) is 1. The molecule has 1 aromatic heterocycles. The molecule has 0 amide bonds. The highest BCUT2D eigenvalue weighted by atomic mass is 16.6. The summed E-state index contributed by atoms with van der Waals surface area (Å²) in [5.74, 6) is -0.436. The van der Waals surface area contributed by atoms with Crippen LogP contribution in [0.15, 0.2) is 29.1 Å². The van der Waals surface area contributed by atoms with Crippen LogP contribution in [0.3, 0.4) is 0 Å². The number of nitrogens with one attached hydrogen (secondary N) is 1. The number of nitro groups is 1. The van der Waals surface area contributed by atoms with Crippen LogP contribution in [0.2, 0.25) is 0 Å². The zero-order chi connectivity index (χ0) is 11.0. The molecule has 2 N–H and O–H groups in total. The molecule has 1 aromatic carbocycles. The van der Waals surface area contributed by atoms with Crippen LogP contribution in [0.25, 0.3) is 10.9 Å². The van der Waals surface area contributed by atoms with E-state index in [-0.39, 0.29) is 16.6 Å².